The minimum absolute atomic E-state index is 0.229. The summed E-state index contributed by atoms with van der Waals surface area (Å²) in [6.45, 7) is 2.25. The number of nitrogens with zero attached hydrogens (tertiary/aromatic N) is 1. The molecular formula is C24H17Cl3N2O2S. The molecule has 0 radical (unpaired) electrons. The third kappa shape index (κ3) is 5.67. The van der Waals surface area contributed by atoms with Crippen molar-refractivity contribution in [3.8, 4) is 5.75 Å². The Kier molecular flexibility index (Phi) is 7.11. The van der Waals surface area contributed by atoms with E-state index in [2.05, 4.69) is 10.3 Å². The quantitative estimate of drug-likeness (QED) is 0.368. The van der Waals surface area contributed by atoms with Crippen molar-refractivity contribution < 1.29 is 9.53 Å². The smallest absolute Gasteiger partial charge is 0.264 e. The summed E-state index contributed by atoms with van der Waals surface area (Å²) >= 11 is 19.7. The normalized spacial score (nSPS) is 15.9. The summed E-state index contributed by atoms with van der Waals surface area (Å²) in [5.74, 6) is 0.345. The van der Waals surface area contributed by atoms with Gasteiger partial charge in [0.1, 0.15) is 12.4 Å². The van der Waals surface area contributed by atoms with E-state index < -0.39 is 0 Å². The predicted octanol–water partition coefficient (Wildman–Crippen LogP) is 7.43. The number of aryl methyl sites for hydroxylation is 1. The first-order valence-electron chi connectivity index (χ1n) is 9.60. The average Bonchev–Trinajstić information content (AvgIpc) is 3.09. The number of thioether (sulfide) groups is 1. The summed E-state index contributed by atoms with van der Waals surface area (Å²) in [6, 6.07) is 18.2. The summed E-state index contributed by atoms with van der Waals surface area (Å²) in [5.41, 5.74) is 3.39. The second kappa shape index (κ2) is 10.0. The van der Waals surface area contributed by atoms with Crippen LogP contribution >= 0.6 is 46.6 Å². The van der Waals surface area contributed by atoms with Gasteiger partial charge in [0.05, 0.1) is 10.6 Å². The lowest BCUT2D eigenvalue weighted by atomic mass is 10.1. The largest absolute Gasteiger partial charge is 0.488 e. The van der Waals surface area contributed by atoms with Crippen molar-refractivity contribution in [3.63, 3.8) is 0 Å². The lowest BCUT2D eigenvalue weighted by Crippen LogP contribution is -2.19. The van der Waals surface area contributed by atoms with Gasteiger partial charge in [-0.3, -0.25) is 4.79 Å². The molecular weight excluding hydrogens is 487 g/mol. The third-order valence-electron chi connectivity index (χ3n) is 4.57. The molecule has 1 N–H and O–H groups in total. The highest BCUT2D eigenvalue weighted by atomic mass is 35.5. The molecule has 3 aromatic carbocycles. The minimum Gasteiger partial charge on any atom is -0.488 e. The molecule has 1 heterocycles. The second-order valence-electron chi connectivity index (χ2n) is 7.02. The SMILES string of the molecule is Cc1ccc(N=C2NC(=O)/C(=C/c3cc(Cl)ccc3OCc3ccc(Cl)cc3Cl)S2)cc1. The maximum absolute atomic E-state index is 12.5. The van der Waals surface area contributed by atoms with Gasteiger partial charge in [-0.15, -0.1) is 0 Å². The molecule has 1 saturated heterocycles. The van der Waals surface area contributed by atoms with Crippen LogP contribution in [0.25, 0.3) is 6.08 Å². The van der Waals surface area contributed by atoms with Gasteiger partial charge in [-0.05, 0) is 67.2 Å². The molecule has 0 aromatic heterocycles. The highest BCUT2D eigenvalue weighted by Gasteiger charge is 2.24. The average molecular weight is 504 g/mol. The van der Waals surface area contributed by atoms with Gasteiger partial charge in [0, 0.05) is 26.2 Å². The van der Waals surface area contributed by atoms with Crippen LogP contribution in [-0.4, -0.2) is 11.1 Å². The molecule has 0 unspecified atom stereocenters. The van der Waals surface area contributed by atoms with Crippen LogP contribution in [0.15, 0.2) is 70.6 Å². The van der Waals surface area contributed by atoms with E-state index >= 15 is 0 Å². The lowest BCUT2D eigenvalue weighted by Gasteiger charge is -2.11. The first-order valence-corrected chi connectivity index (χ1v) is 11.5. The summed E-state index contributed by atoms with van der Waals surface area (Å²) in [4.78, 5) is 17.5. The monoisotopic (exact) mass is 502 g/mol. The number of halogens is 3. The maximum atomic E-state index is 12.5. The fourth-order valence-electron chi connectivity index (χ4n) is 2.92. The molecule has 1 aliphatic rings. The number of nitrogens with one attached hydrogen (secondary N) is 1. The molecule has 0 bridgehead atoms. The Balaban J connectivity index is 1.56. The van der Waals surface area contributed by atoms with Crippen LogP contribution in [0.5, 0.6) is 5.75 Å². The molecule has 0 spiro atoms. The van der Waals surface area contributed by atoms with Crippen LogP contribution in [0, 0.1) is 6.92 Å². The number of hydrogen-bond acceptors (Lipinski definition) is 4. The maximum Gasteiger partial charge on any atom is 0.264 e. The molecule has 4 nitrogen and oxygen atoms in total. The van der Waals surface area contributed by atoms with Gasteiger partial charge in [0.15, 0.2) is 5.17 Å². The molecule has 4 rings (SSSR count). The zero-order chi connectivity index (χ0) is 22.7. The van der Waals surface area contributed by atoms with Crippen molar-refractivity contribution in [1.29, 1.82) is 0 Å². The lowest BCUT2D eigenvalue weighted by molar-refractivity contribution is -0.115. The second-order valence-corrected chi connectivity index (χ2v) is 9.33. The Morgan fingerprint density at radius 1 is 1.00 bits per heavy atom. The summed E-state index contributed by atoms with van der Waals surface area (Å²) in [6.07, 6.45) is 1.74. The number of hydrogen-bond donors (Lipinski definition) is 1. The third-order valence-corrected chi connectivity index (χ3v) is 6.30. The highest BCUT2D eigenvalue weighted by molar-refractivity contribution is 8.18. The van der Waals surface area contributed by atoms with Gasteiger partial charge in [0.25, 0.3) is 5.91 Å². The topological polar surface area (TPSA) is 50.7 Å². The molecule has 1 amide bonds. The highest BCUT2D eigenvalue weighted by Crippen LogP contribution is 2.33. The van der Waals surface area contributed by atoms with E-state index in [1.54, 1.807) is 36.4 Å². The predicted molar refractivity (Wildman–Crippen MR) is 134 cm³/mol. The van der Waals surface area contributed by atoms with Crippen LogP contribution in [0.4, 0.5) is 5.69 Å². The van der Waals surface area contributed by atoms with E-state index in [4.69, 9.17) is 39.5 Å². The van der Waals surface area contributed by atoms with Crippen molar-refractivity contribution >= 4 is 69.4 Å². The van der Waals surface area contributed by atoms with Crippen molar-refractivity contribution in [2.45, 2.75) is 13.5 Å². The van der Waals surface area contributed by atoms with Gasteiger partial charge < -0.3 is 10.1 Å². The van der Waals surface area contributed by atoms with Gasteiger partial charge in [-0.2, -0.15) is 0 Å². The van der Waals surface area contributed by atoms with Gasteiger partial charge >= 0.3 is 0 Å². The Morgan fingerprint density at radius 3 is 2.47 bits per heavy atom. The standard InChI is InChI=1S/C24H17Cl3N2O2S/c1-14-2-7-19(8-3-14)28-24-29-23(30)22(32-24)11-16-10-17(25)6-9-21(16)31-13-15-4-5-18(26)12-20(15)27/h2-12H,13H2,1H3,(H,28,29,30)/b22-11-. The molecule has 0 saturated carbocycles. The number of carbonyl (C=O) groups excluding carboxylic acids is 1. The molecule has 0 aliphatic carbocycles. The van der Waals surface area contributed by atoms with Crippen LogP contribution in [0.3, 0.4) is 0 Å². The van der Waals surface area contributed by atoms with Crippen LogP contribution in [-0.2, 0) is 11.4 Å². The van der Waals surface area contributed by atoms with E-state index in [-0.39, 0.29) is 12.5 Å². The van der Waals surface area contributed by atoms with Crippen LogP contribution < -0.4 is 10.1 Å². The first kappa shape index (κ1) is 22.7. The molecule has 0 atom stereocenters. The van der Waals surface area contributed by atoms with Crippen molar-refractivity contribution in [2.75, 3.05) is 0 Å². The number of ether oxygens (including phenoxy) is 1. The molecule has 3 aromatic rings. The van der Waals surface area contributed by atoms with Crippen molar-refractivity contribution in [1.82, 2.24) is 5.32 Å². The Labute approximate surface area is 205 Å². The molecule has 8 heteroatoms. The molecule has 1 fully saturated rings. The van der Waals surface area contributed by atoms with Gasteiger partial charge in [-0.25, -0.2) is 4.99 Å². The summed E-state index contributed by atoms with van der Waals surface area (Å²) < 4.78 is 5.98. The Bertz CT molecular complexity index is 1240. The first-order chi connectivity index (χ1) is 15.4. The fraction of sp³-hybridized carbons (Fsp3) is 0.0833. The van der Waals surface area contributed by atoms with E-state index in [0.29, 0.717) is 36.5 Å². The number of rotatable bonds is 5. The van der Waals surface area contributed by atoms with Gasteiger partial charge in [0.2, 0.25) is 0 Å². The van der Waals surface area contributed by atoms with Crippen LogP contribution in [0.1, 0.15) is 16.7 Å². The number of amides is 1. The number of amidine groups is 1. The van der Waals surface area contributed by atoms with E-state index in [0.717, 1.165) is 16.8 Å². The molecule has 32 heavy (non-hydrogen) atoms. The zero-order valence-corrected chi connectivity index (χ0v) is 19.9. The van der Waals surface area contributed by atoms with Crippen LogP contribution in [0.2, 0.25) is 15.1 Å². The number of aliphatic imine (C=N–C) groups is 1. The van der Waals surface area contributed by atoms with E-state index in [1.165, 1.54) is 11.8 Å². The summed E-state index contributed by atoms with van der Waals surface area (Å²) in [5, 5.41) is 4.92. The molecule has 1 aliphatic heterocycles. The van der Waals surface area contributed by atoms with E-state index in [1.807, 2.05) is 37.3 Å². The summed E-state index contributed by atoms with van der Waals surface area (Å²) in [7, 11) is 0. The number of carbonyl (C=O) groups is 1. The minimum atomic E-state index is -0.229. The van der Waals surface area contributed by atoms with E-state index in [9.17, 15) is 4.79 Å². The molecule has 162 valence electrons. The van der Waals surface area contributed by atoms with Crippen molar-refractivity contribution in [2.24, 2.45) is 4.99 Å². The van der Waals surface area contributed by atoms with Gasteiger partial charge in [-0.1, -0.05) is 58.6 Å². The zero-order valence-electron chi connectivity index (χ0n) is 16.9. The Hall–Kier alpha value is -2.44. The van der Waals surface area contributed by atoms with Crippen molar-refractivity contribution in [3.05, 3.63) is 97.3 Å². The number of benzene rings is 3. The fourth-order valence-corrected chi connectivity index (χ4v) is 4.39. The Morgan fingerprint density at radius 2 is 1.72 bits per heavy atom.